The maximum absolute atomic E-state index is 17.6. The highest BCUT2D eigenvalue weighted by Crippen LogP contribution is 2.49. The van der Waals surface area contributed by atoms with Crippen LogP contribution >= 0.6 is 0 Å². The fourth-order valence-electron chi connectivity index (χ4n) is 12.3. The van der Waals surface area contributed by atoms with Gasteiger partial charge in [0.15, 0.2) is 40.2 Å². The van der Waals surface area contributed by atoms with Crippen molar-refractivity contribution >= 4 is 66.4 Å². The van der Waals surface area contributed by atoms with Gasteiger partial charge in [0.05, 0.1) is 95.1 Å². The van der Waals surface area contributed by atoms with Crippen molar-refractivity contribution in [1.82, 2.24) is 24.1 Å². The van der Waals surface area contributed by atoms with Crippen LogP contribution in [0.3, 0.4) is 0 Å². The highest BCUT2D eigenvalue weighted by atomic mass is 19.4. The van der Waals surface area contributed by atoms with Crippen LogP contribution in [-0.4, -0.2) is 24.1 Å². The van der Waals surface area contributed by atoms with Gasteiger partial charge in [0.1, 0.15) is 5.56 Å². The van der Waals surface area contributed by atoms with E-state index in [0.29, 0.717) is 99.2 Å². The first kappa shape index (κ1) is 57.5. The van der Waals surface area contributed by atoms with Gasteiger partial charge < -0.3 is 9.13 Å². The second-order valence-corrected chi connectivity index (χ2v) is 21.8. The molecular weight excluding hydrogens is 1180 g/mol. The lowest BCUT2D eigenvalue weighted by atomic mass is 9.96. The number of aromatic nitrogens is 5. The Hall–Kier alpha value is -14.3. The first-order chi connectivity index (χ1) is 45.8. The standard InChI is InChI=1S/C78H36F3N13/c1-86-56-21-25-59(55(33-56)44-85)50-18-28-69-63(35-50)65-37-52(61-26-22-57(87-2)40-67(61)89-4)20-30-71(65)94(69)73-39-53(77-91-75(47-11-7-5-8-12-47)90-76(92-77)48-13-9-6-10-14-48)38-72(74(73)78(79,80)81)93-68-27-17-49(58-23-15-45(41-82)31-54(58)43-84)34-62(68)64-36-51(19-29-70(64)93)60-24-16-46(42-83)32-66(60)88-3/h5-40H. The quantitative estimate of drug-likeness (QED) is 0.130. The lowest BCUT2D eigenvalue weighted by Gasteiger charge is -2.23. The Morgan fingerprint density at radius 1 is 0.340 bits per heavy atom. The zero-order valence-corrected chi connectivity index (χ0v) is 48.7. The molecule has 94 heavy (non-hydrogen) atoms. The lowest BCUT2D eigenvalue weighted by Crippen LogP contribution is -2.16. The van der Waals surface area contributed by atoms with E-state index in [2.05, 4.69) is 43.7 Å². The fraction of sp³-hybridized carbons (Fsp3) is 0.0128. The largest absolute Gasteiger partial charge is 0.420 e. The van der Waals surface area contributed by atoms with E-state index in [9.17, 15) is 21.0 Å². The van der Waals surface area contributed by atoms with Crippen LogP contribution in [0.1, 0.15) is 27.8 Å². The summed E-state index contributed by atoms with van der Waals surface area (Å²) in [5.41, 5.74) is 6.61. The van der Waals surface area contributed by atoms with E-state index in [1.165, 1.54) is 36.4 Å². The molecule has 3 heterocycles. The van der Waals surface area contributed by atoms with E-state index in [1.807, 2.05) is 60.7 Å². The predicted octanol–water partition coefficient (Wildman–Crippen LogP) is 20.4. The molecule has 0 saturated heterocycles. The van der Waals surface area contributed by atoms with Crippen molar-refractivity contribution in [3.63, 3.8) is 0 Å². The molecule has 0 radical (unpaired) electrons. The van der Waals surface area contributed by atoms with Crippen LogP contribution in [-0.2, 0) is 6.18 Å². The van der Waals surface area contributed by atoms with Crippen LogP contribution < -0.4 is 0 Å². The van der Waals surface area contributed by atoms with Crippen molar-refractivity contribution in [3.8, 4) is 114 Å². The van der Waals surface area contributed by atoms with Crippen molar-refractivity contribution in [2.75, 3.05) is 0 Å². The van der Waals surface area contributed by atoms with E-state index in [0.717, 1.165) is 0 Å². The van der Waals surface area contributed by atoms with E-state index in [1.54, 1.807) is 130 Å². The summed E-state index contributed by atoms with van der Waals surface area (Å²) in [5, 5.41) is 42.4. The minimum absolute atomic E-state index is 0.0263. The normalized spacial score (nSPS) is 11.1. The Labute approximate surface area is 534 Å². The SMILES string of the molecule is [C-]#[N+]c1ccc(-c2ccc3c(c2)c2cc(-c4ccc([N+]#[C-])cc4[N+]#[C-])ccc2n3-c2cc(-c3nc(-c4ccccc4)nc(-c4ccccc4)n3)cc(-n3c4ccc(-c5ccc(C#N)cc5C#N)cc4c4cc(-c5ccc(C#N)cc5[N+]#[C-])ccc43)c2C(F)(F)F)c(C#N)c1. The number of nitrogens with zero attached hydrogens (tertiary/aromatic N) is 13. The average Bonchev–Trinajstić information content (AvgIpc) is 1.53. The van der Waals surface area contributed by atoms with Gasteiger partial charge in [-0.2, -0.15) is 34.2 Å². The third-order valence-electron chi connectivity index (χ3n) is 16.6. The third-order valence-corrected chi connectivity index (χ3v) is 16.6. The highest BCUT2D eigenvalue weighted by molar-refractivity contribution is 6.14. The van der Waals surface area contributed by atoms with Gasteiger partial charge in [-0.25, -0.2) is 34.3 Å². The third kappa shape index (κ3) is 9.84. The van der Waals surface area contributed by atoms with E-state index in [4.69, 9.17) is 41.2 Å². The summed E-state index contributed by atoms with van der Waals surface area (Å²) in [6, 6.07) is 69.5. The highest BCUT2D eigenvalue weighted by Gasteiger charge is 2.40. The summed E-state index contributed by atoms with van der Waals surface area (Å²) in [6.07, 6.45) is -5.17. The number of fused-ring (bicyclic) bond motifs is 6. The Morgan fingerprint density at radius 3 is 1.13 bits per heavy atom. The summed E-state index contributed by atoms with van der Waals surface area (Å²) in [5.74, 6) is 0.511. The van der Waals surface area contributed by atoms with E-state index in [-0.39, 0.29) is 79.4 Å². The second kappa shape index (κ2) is 23.0. The van der Waals surface area contributed by atoms with Crippen LogP contribution in [0.5, 0.6) is 0 Å². The number of halogens is 3. The fourth-order valence-corrected chi connectivity index (χ4v) is 12.3. The summed E-state index contributed by atoms with van der Waals surface area (Å²) >= 11 is 0. The molecule has 0 amide bonds. The molecule has 3 aromatic heterocycles. The van der Waals surface area contributed by atoms with Gasteiger partial charge >= 0.3 is 6.18 Å². The number of alkyl halides is 3. The van der Waals surface area contributed by atoms with Gasteiger partial charge in [0.25, 0.3) is 0 Å². The average molecular weight is 1210 g/mol. The molecular formula is C78H36F3N13. The topological polar surface area (TPSA) is 161 Å². The van der Waals surface area contributed by atoms with Gasteiger partial charge in [-0.1, -0.05) is 127 Å². The Bertz CT molecular complexity index is 5350. The van der Waals surface area contributed by atoms with Crippen molar-refractivity contribution in [2.45, 2.75) is 6.18 Å². The van der Waals surface area contributed by atoms with E-state index < -0.39 is 11.7 Å². The van der Waals surface area contributed by atoms with Gasteiger partial charge in [0.2, 0.25) is 0 Å². The summed E-state index contributed by atoms with van der Waals surface area (Å²) < 4.78 is 56.0. The zero-order valence-electron chi connectivity index (χ0n) is 48.7. The Kier molecular flexibility index (Phi) is 14.1. The molecule has 0 N–H and O–H groups in total. The van der Waals surface area contributed by atoms with Crippen LogP contribution in [0.15, 0.2) is 218 Å². The second-order valence-electron chi connectivity index (χ2n) is 21.8. The molecule has 0 unspecified atom stereocenters. The van der Waals surface area contributed by atoms with Crippen molar-refractivity contribution < 1.29 is 13.2 Å². The van der Waals surface area contributed by atoms with Gasteiger partial charge in [-0.15, -0.1) is 0 Å². The molecule has 14 aromatic rings. The van der Waals surface area contributed by atoms with Crippen molar-refractivity contribution in [3.05, 3.63) is 292 Å². The molecule has 13 nitrogen and oxygen atoms in total. The molecule has 0 atom stereocenters. The summed E-state index contributed by atoms with van der Waals surface area (Å²) in [6.45, 7) is 31.6. The maximum Gasteiger partial charge on any atom is 0.420 e. The first-order valence-electron chi connectivity index (χ1n) is 28.8. The minimum Gasteiger partial charge on any atom is -0.309 e. The van der Waals surface area contributed by atoms with Gasteiger partial charge in [0, 0.05) is 49.4 Å². The molecule has 0 fully saturated rings. The smallest absolute Gasteiger partial charge is 0.309 e. The monoisotopic (exact) mass is 1210 g/mol. The molecule has 0 aliphatic carbocycles. The lowest BCUT2D eigenvalue weighted by molar-refractivity contribution is -0.137. The van der Waals surface area contributed by atoms with Gasteiger partial charge in [-0.3, -0.25) is 0 Å². The van der Waals surface area contributed by atoms with Crippen molar-refractivity contribution in [1.29, 1.82) is 21.0 Å². The number of hydrogen-bond acceptors (Lipinski definition) is 7. The molecule has 0 saturated carbocycles. The molecule has 0 aliphatic rings. The number of hydrogen-bond donors (Lipinski definition) is 0. The number of rotatable bonds is 9. The molecule has 14 rings (SSSR count). The van der Waals surface area contributed by atoms with Crippen LogP contribution in [0.2, 0.25) is 0 Å². The van der Waals surface area contributed by atoms with Gasteiger partial charge in [-0.05, 0) is 136 Å². The molecule has 0 aliphatic heterocycles. The summed E-state index contributed by atoms with van der Waals surface area (Å²) in [4.78, 5) is 29.7. The van der Waals surface area contributed by atoms with Crippen LogP contribution in [0, 0.1) is 71.6 Å². The molecule has 0 spiro atoms. The Morgan fingerprint density at radius 2 is 0.713 bits per heavy atom. The maximum atomic E-state index is 17.6. The Balaban J connectivity index is 1.14. The zero-order chi connectivity index (χ0) is 64.9. The predicted molar refractivity (Wildman–Crippen MR) is 355 cm³/mol. The molecule has 0 bridgehead atoms. The van der Waals surface area contributed by atoms with E-state index >= 15 is 13.2 Å². The summed E-state index contributed by atoms with van der Waals surface area (Å²) in [7, 11) is 0. The molecule has 11 aromatic carbocycles. The van der Waals surface area contributed by atoms with Crippen molar-refractivity contribution in [2.24, 2.45) is 0 Å². The number of benzene rings is 11. The van der Waals surface area contributed by atoms with Crippen LogP contribution in [0.4, 0.5) is 35.9 Å². The van der Waals surface area contributed by atoms with Crippen LogP contribution in [0.25, 0.3) is 153 Å². The minimum atomic E-state index is -5.17. The number of nitriles is 4. The molecule has 16 heteroatoms. The first-order valence-corrected chi connectivity index (χ1v) is 28.8. The molecule has 434 valence electrons.